The number of nitrogens with zero attached hydrogens (tertiary/aromatic N) is 1. The minimum Gasteiger partial charge on any atom is -0.385 e. The molecule has 1 saturated heterocycles. The van der Waals surface area contributed by atoms with Gasteiger partial charge >= 0.3 is 0 Å². The summed E-state index contributed by atoms with van der Waals surface area (Å²) >= 11 is 1.73. The number of ether oxygens (including phenoxy) is 1. The van der Waals surface area contributed by atoms with Crippen LogP contribution in [-0.4, -0.2) is 30.7 Å². The maximum Gasteiger partial charge on any atom is 0.157 e. The van der Waals surface area contributed by atoms with Gasteiger partial charge < -0.3 is 10.1 Å². The molecule has 1 atom stereocenters. The minimum absolute atomic E-state index is 0.209. The predicted octanol–water partition coefficient (Wildman–Crippen LogP) is 2.42. The molecule has 1 fully saturated rings. The standard InChI is InChI=1S/C13H17FN2OS/c1-17-7-6-12-9-18-13(16-12)15-8-10-2-4-11(14)5-3-10/h2-5,12H,6-9H2,1H3,(H,15,16). The van der Waals surface area contributed by atoms with Crippen molar-refractivity contribution in [2.24, 2.45) is 4.99 Å². The molecule has 0 aromatic heterocycles. The Bertz CT molecular complexity index is 408. The first kappa shape index (κ1) is 13.4. The normalized spacial score (nSPS) is 21.2. The molecular weight excluding hydrogens is 251 g/mol. The Kier molecular flexibility index (Phi) is 5.01. The fourth-order valence-electron chi connectivity index (χ4n) is 1.70. The van der Waals surface area contributed by atoms with Crippen LogP contribution < -0.4 is 5.32 Å². The number of nitrogens with one attached hydrogen (secondary N) is 1. The second-order valence-corrected chi connectivity index (χ2v) is 5.19. The molecule has 1 aliphatic rings. The van der Waals surface area contributed by atoms with Gasteiger partial charge in [0.25, 0.3) is 0 Å². The molecule has 0 saturated carbocycles. The molecule has 3 nitrogen and oxygen atoms in total. The molecule has 98 valence electrons. The third kappa shape index (κ3) is 3.99. The fourth-order valence-corrected chi connectivity index (χ4v) is 2.71. The Morgan fingerprint density at radius 3 is 2.94 bits per heavy atom. The first-order chi connectivity index (χ1) is 8.78. The van der Waals surface area contributed by atoms with Crippen molar-refractivity contribution < 1.29 is 9.13 Å². The molecule has 2 rings (SSSR count). The Balaban J connectivity index is 1.82. The van der Waals surface area contributed by atoms with Crippen molar-refractivity contribution >= 4 is 16.9 Å². The molecule has 1 aromatic rings. The summed E-state index contributed by atoms with van der Waals surface area (Å²) in [5, 5.41) is 4.34. The van der Waals surface area contributed by atoms with Gasteiger partial charge in [0.2, 0.25) is 0 Å². The van der Waals surface area contributed by atoms with E-state index in [-0.39, 0.29) is 5.82 Å². The molecule has 0 spiro atoms. The number of amidine groups is 1. The maximum atomic E-state index is 12.7. The van der Waals surface area contributed by atoms with Crippen molar-refractivity contribution in [3.05, 3.63) is 35.6 Å². The van der Waals surface area contributed by atoms with Gasteiger partial charge in [-0.25, -0.2) is 4.39 Å². The monoisotopic (exact) mass is 268 g/mol. The van der Waals surface area contributed by atoms with Gasteiger partial charge in [0.05, 0.1) is 6.54 Å². The highest BCUT2D eigenvalue weighted by Gasteiger charge is 2.19. The number of hydrogen-bond donors (Lipinski definition) is 1. The number of methoxy groups -OCH3 is 1. The minimum atomic E-state index is -0.209. The smallest absolute Gasteiger partial charge is 0.157 e. The summed E-state index contributed by atoms with van der Waals surface area (Å²) in [5.41, 5.74) is 1.02. The molecule has 18 heavy (non-hydrogen) atoms. The maximum absolute atomic E-state index is 12.7. The highest BCUT2D eigenvalue weighted by molar-refractivity contribution is 8.14. The van der Waals surface area contributed by atoms with E-state index in [0.29, 0.717) is 12.6 Å². The van der Waals surface area contributed by atoms with E-state index in [2.05, 4.69) is 10.3 Å². The summed E-state index contributed by atoms with van der Waals surface area (Å²) in [6.45, 7) is 1.36. The van der Waals surface area contributed by atoms with E-state index >= 15 is 0 Å². The second kappa shape index (κ2) is 6.75. The Morgan fingerprint density at radius 2 is 2.22 bits per heavy atom. The lowest BCUT2D eigenvalue weighted by Crippen LogP contribution is -2.28. The number of halogens is 1. The van der Waals surface area contributed by atoms with E-state index in [0.717, 1.165) is 29.5 Å². The SMILES string of the molecule is COCCC1CSC(=NCc2ccc(F)cc2)N1. The van der Waals surface area contributed by atoms with Crippen LogP contribution in [0.4, 0.5) is 4.39 Å². The Morgan fingerprint density at radius 1 is 1.44 bits per heavy atom. The zero-order chi connectivity index (χ0) is 12.8. The van der Waals surface area contributed by atoms with E-state index in [4.69, 9.17) is 4.74 Å². The fraction of sp³-hybridized carbons (Fsp3) is 0.462. The summed E-state index contributed by atoms with van der Waals surface area (Å²) in [4.78, 5) is 4.49. The summed E-state index contributed by atoms with van der Waals surface area (Å²) < 4.78 is 17.8. The second-order valence-electron chi connectivity index (χ2n) is 4.18. The van der Waals surface area contributed by atoms with E-state index in [1.54, 1.807) is 31.0 Å². The number of benzene rings is 1. The number of hydrogen-bond acceptors (Lipinski definition) is 3. The van der Waals surface area contributed by atoms with Crippen LogP contribution in [0.2, 0.25) is 0 Å². The molecule has 0 aliphatic carbocycles. The van der Waals surface area contributed by atoms with Crippen LogP contribution in [0.15, 0.2) is 29.3 Å². The van der Waals surface area contributed by atoms with E-state index in [1.165, 1.54) is 12.1 Å². The summed E-state index contributed by atoms with van der Waals surface area (Å²) in [7, 11) is 1.71. The van der Waals surface area contributed by atoms with Crippen LogP contribution in [0.5, 0.6) is 0 Å². The molecule has 0 bridgehead atoms. The number of rotatable bonds is 5. The average Bonchev–Trinajstić information content (AvgIpc) is 2.84. The highest BCUT2D eigenvalue weighted by atomic mass is 32.2. The third-order valence-corrected chi connectivity index (χ3v) is 3.83. The van der Waals surface area contributed by atoms with Gasteiger partial charge in [-0.3, -0.25) is 4.99 Å². The summed E-state index contributed by atoms with van der Waals surface area (Å²) in [5.74, 6) is 0.824. The first-order valence-electron chi connectivity index (χ1n) is 5.95. The van der Waals surface area contributed by atoms with Gasteiger partial charge in [0.1, 0.15) is 5.82 Å². The molecule has 0 amide bonds. The molecule has 1 aromatic carbocycles. The van der Waals surface area contributed by atoms with Crippen molar-refractivity contribution in [3.63, 3.8) is 0 Å². The molecule has 1 N–H and O–H groups in total. The zero-order valence-corrected chi connectivity index (χ0v) is 11.2. The van der Waals surface area contributed by atoms with Crippen LogP contribution in [0, 0.1) is 5.82 Å². The largest absolute Gasteiger partial charge is 0.385 e. The molecule has 5 heteroatoms. The number of thioether (sulfide) groups is 1. The molecular formula is C13H17FN2OS. The molecule has 1 unspecified atom stereocenters. The van der Waals surface area contributed by atoms with Crippen LogP contribution in [0.25, 0.3) is 0 Å². The average molecular weight is 268 g/mol. The van der Waals surface area contributed by atoms with Crippen molar-refractivity contribution in [1.29, 1.82) is 0 Å². The third-order valence-electron chi connectivity index (χ3n) is 2.74. The Hall–Kier alpha value is -1.07. The van der Waals surface area contributed by atoms with Gasteiger partial charge in [-0.2, -0.15) is 0 Å². The van der Waals surface area contributed by atoms with Crippen molar-refractivity contribution in [1.82, 2.24) is 5.32 Å². The van der Waals surface area contributed by atoms with Crippen LogP contribution in [0.3, 0.4) is 0 Å². The van der Waals surface area contributed by atoms with Crippen molar-refractivity contribution in [2.75, 3.05) is 19.5 Å². The van der Waals surface area contributed by atoms with Gasteiger partial charge in [-0.05, 0) is 24.1 Å². The summed E-state index contributed by atoms with van der Waals surface area (Å²) in [6.07, 6.45) is 0.999. The molecule has 0 radical (unpaired) electrons. The molecule has 1 heterocycles. The van der Waals surface area contributed by atoms with Crippen molar-refractivity contribution in [3.8, 4) is 0 Å². The summed E-state index contributed by atoms with van der Waals surface area (Å²) in [6, 6.07) is 6.91. The lowest BCUT2D eigenvalue weighted by Gasteiger charge is -2.08. The topological polar surface area (TPSA) is 33.6 Å². The van der Waals surface area contributed by atoms with Gasteiger partial charge in [-0.1, -0.05) is 23.9 Å². The van der Waals surface area contributed by atoms with E-state index in [1.807, 2.05) is 0 Å². The van der Waals surface area contributed by atoms with Gasteiger partial charge in [0.15, 0.2) is 5.17 Å². The molecule has 1 aliphatic heterocycles. The zero-order valence-electron chi connectivity index (χ0n) is 10.4. The van der Waals surface area contributed by atoms with E-state index in [9.17, 15) is 4.39 Å². The van der Waals surface area contributed by atoms with Crippen LogP contribution in [-0.2, 0) is 11.3 Å². The number of aliphatic imine (C=N–C) groups is 1. The van der Waals surface area contributed by atoms with Crippen LogP contribution >= 0.6 is 11.8 Å². The van der Waals surface area contributed by atoms with Crippen LogP contribution in [0.1, 0.15) is 12.0 Å². The lowest BCUT2D eigenvalue weighted by molar-refractivity contribution is 0.188. The van der Waals surface area contributed by atoms with E-state index < -0.39 is 0 Å². The van der Waals surface area contributed by atoms with Gasteiger partial charge in [-0.15, -0.1) is 0 Å². The van der Waals surface area contributed by atoms with Crippen molar-refractivity contribution in [2.45, 2.75) is 19.0 Å². The predicted molar refractivity (Wildman–Crippen MR) is 73.4 cm³/mol. The highest BCUT2D eigenvalue weighted by Crippen LogP contribution is 2.16. The Labute approximate surface area is 111 Å². The van der Waals surface area contributed by atoms with Gasteiger partial charge in [0, 0.05) is 25.5 Å². The quantitative estimate of drug-likeness (QED) is 0.890. The lowest BCUT2D eigenvalue weighted by atomic mass is 10.2. The first-order valence-corrected chi connectivity index (χ1v) is 6.93.